The van der Waals surface area contributed by atoms with Crippen molar-refractivity contribution in [3.8, 4) is 0 Å². The third kappa shape index (κ3) is 2.49. The highest BCUT2D eigenvalue weighted by Crippen LogP contribution is 2.53. The summed E-state index contributed by atoms with van der Waals surface area (Å²) in [6.45, 7) is 0. The number of rotatable bonds is 3. The van der Waals surface area contributed by atoms with Gasteiger partial charge in [-0.25, -0.2) is 0 Å². The minimum atomic E-state index is 0.393. The van der Waals surface area contributed by atoms with Gasteiger partial charge in [-0.2, -0.15) is 0 Å². The van der Waals surface area contributed by atoms with Gasteiger partial charge in [-0.05, 0) is 47.7 Å². The molecule has 2 heteroatoms. The fraction of sp³-hybridized carbons (Fsp3) is 0.217. The van der Waals surface area contributed by atoms with Gasteiger partial charge in [0, 0.05) is 17.3 Å². The van der Waals surface area contributed by atoms with Crippen molar-refractivity contribution in [1.29, 1.82) is 0 Å². The van der Waals surface area contributed by atoms with Crippen molar-refractivity contribution < 1.29 is 0 Å². The minimum Gasteiger partial charge on any atom is -0.378 e. The quantitative estimate of drug-likeness (QED) is 0.627. The van der Waals surface area contributed by atoms with Crippen LogP contribution in [0.1, 0.15) is 47.5 Å². The molecule has 0 saturated heterocycles. The van der Waals surface area contributed by atoms with E-state index in [2.05, 4.69) is 89.5 Å². The van der Waals surface area contributed by atoms with Gasteiger partial charge < -0.3 is 10.6 Å². The molecule has 3 aromatic carbocycles. The fourth-order valence-corrected chi connectivity index (χ4v) is 4.54. The number of hydrogen-bond acceptors (Lipinski definition) is 2. The molecule has 3 aromatic rings. The molecule has 0 spiro atoms. The van der Waals surface area contributed by atoms with E-state index in [4.69, 9.17) is 0 Å². The van der Waals surface area contributed by atoms with Crippen LogP contribution in [0.4, 0.5) is 11.4 Å². The van der Waals surface area contributed by atoms with E-state index >= 15 is 0 Å². The molecule has 2 N–H and O–H groups in total. The monoisotopic (exact) mass is 326 g/mol. The smallest absolute Gasteiger partial charge is 0.0583 e. The molecular weight excluding hydrogens is 304 g/mol. The summed E-state index contributed by atoms with van der Waals surface area (Å²) in [6.07, 6.45) is 2.38. The summed E-state index contributed by atoms with van der Waals surface area (Å²) in [5.41, 5.74) is 6.90. The van der Waals surface area contributed by atoms with Gasteiger partial charge in [-0.15, -0.1) is 0 Å². The van der Waals surface area contributed by atoms with E-state index in [0.29, 0.717) is 18.0 Å². The van der Waals surface area contributed by atoms with Gasteiger partial charge in [-0.3, -0.25) is 0 Å². The van der Waals surface area contributed by atoms with Crippen LogP contribution >= 0.6 is 0 Å². The van der Waals surface area contributed by atoms with E-state index in [1.165, 1.54) is 40.9 Å². The predicted octanol–water partition coefficient (Wildman–Crippen LogP) is 5.88. The summed E-state index contributed by atoms with van der Waals surface area (Å²) in [4.78, 5) is 0. The summed E-state index contributed by atoms with van der Waals surface area (Å²) in [6, 6.07) is 29.0. The maximum Gasteiger partial charge on any atom is 0.0583 e. The summed E-state index contributed by atoms with van der Waals surface area (Å²) in [5, 5.41) is 7.53. The van der Waals surface area contributed by atoms with E-state index in [-0.39, 0.29) is 0 Å². The first-order chi connectivity index (χ1) is 12.4. The second-order valence-electron chi connectivity index (χ2n) is 7.09. The van der Waals surface area contributed by atoms with Gasteiger partial charge in [0.05, 0.1) is 12.1 Å². The van der Waals surface area contributed by atoms with Crippen molar-refractivity contribution in [1.82, 2.24) is 0 Å². The molecule has 0 amide bonds. The summed E-state index contributed by atoms with van der Waals surface area (Å²) >= 11 is 0. The van der Waals surface area contributed by atoms with Crippen LogP contribution in [0.5, 0.6) is 0 Å². The Morgan fingerprint density at radius 3 is 2.32 bits per heavy atom. The Balaban J connectivity index is 1.50. The SMILES string of the molecule is c1ccc(NC2CCC3c4c(cccc42)NC3c2ccccc2)cc1. The van der Waals surface area contributed by atoms with Gasteiger partial charge in [0.25, 0.3) is 0 Å². The molecule has 3 atom stereocenters. The van der Waals surface area contributed by atoms with Crippen LogP contribution in [0, 0.1) is 0 Å². The molecule has 5 rings (SSSR count). The maximum absolute atomic E-state index is 3.79. The second kappa shape index (κ2) is 5.96. The first kappa shape index (κ1) is 14.6. The van der Waals surface area contributed by atoms with Crippen molar-refractivity contribution in [3.05, 3.63) is 95.6 Å². The Morgan fingerprint density at radius 2 is 1.52 bits per heavy atom. The number of hydrogen-bond donors (Lipinski definition) is 2. The third-order valence-electron chi connectivity index (χ3n) is 5.64. The standard InChI is InChI=1S/C23H22N2/c1-3-8-16(9-4-1)23-19-14-15-20(24-17-10-5-2-6-11-17)18-12-7-13-21(25-23)22(18)19/h1-13,19-20,23-25H,14-15H2. The molecule has 2 nitrogen and oxygen atoms in total. The lowest BCUT2D eigenvalue weighted by molar-refractivity contribution is 0.485. The highest BCUT2D eigenvalue weighted by atomic mass is 15.0. The van der Waals surface area contributed by atoms with Gasteiger partial charge >= 0.3 is 0 Å². The molecule has 0 radical (unpaired) electrons. The zero-order valence-electron chi connectivity index (χ0n) is 14.2. The maximum atomic E-state index is 3.79. The summed E-state index contributed by atoms with van der Waals surface area (Å²) in [5.74, 6) is 0.572. The predicted molar refractivity (Wildman–Crippen MR) is 104 cm³/mol. The topological polar surface area (TPSA) is 24.1 Å². The van der Waals surface area contributed by atoms with E-state index in [9.17, 15) is 0 Å². The molecule has 0 fully saturated rings. The Kier molecular flexibility index (Phi) is 3.48. The molecule has 25 heavy (non-hydrogen) atoms. The number of para-hydroxylation sites is 1. The van der Waals surface area contributed by atoms with E-state index in [1.807, 2.05) is 0 Å². The minimum absolute atomic E-state index is 0.393. The number of anilines is 2. The Hall–Kier alpha value is -2.74. The number of nitrogens with one attached hydrogen (secondary N) is 2. The van der Waals surface area contributed by atoms with Crippen LogP contribution in [0.15, 0.2) is 78.9 Å². The molecule has 2 aliphatic rings. The summed E-state index contributed by atoms with van der Waals surface area (Å²) in [7, 11) is 0. The molecular formula is C23H22N2. The van der Waals surface area contributed by atoms with Crippen molar-refractivity contribution in [2.24, 2.45) is 0 Å². The summed E-state index contributed by atoms with van der Waals surface area (Å²) < 4.78 is 0. The second-order valence-corrected chi connectivity index (χ2v) is 7.09. The van der Waals surface area contributed by atoms with Crippen LogP contribution in [-0.2, 0) is 0 Å². The Morgan fingerprint density at radius 1 is 0.760 bits per heavy atom. The molecule has 0 bridgehead atoms. The number of benzene rings is 3. The highest BCUT2D eigenvalue weighted by Gasteiger charge is 2.39. The van der Waals surface area contributed by atoms with Crippen molar-refractivity contribution in [2.75, 3.05) is 10.6 Å². The van der Waals surface area contributed by atoms with Crippen LogP contribution in [0.25, 0.3) is 0 Å². The van der Waals surface area contributed by atoms with Crippen LogP contribution in [0.2, 0.25) is 0 Å². The third-order valence-corrected chi connectivity index (χ3v) is 5.64. The van der Waals surface area contributed by atoms with E-state index in [1.54, 1.807) is 0 Å². The average Bonchev–Trinajstić information content (AvgIpc) is 3.06. The van der Waals surface area contributed by atoms with Gasteiger partial charge in [0.15, 0.2) is 0 Å². The highest BCUT2D eigenvalue weighted by molar-refractivity contribution is 5.66. The molecule has 1 aliphatic heterocycles. The largest absolute Gasteiger partial charge is 0.378 e. The molecule has 0 saturated carbocycles. The van der Waals surface area contributed by atoms with Gasteiger partial charge in [0.1, 0.15) is 0 Å². The lowest BCUT2D eigenvalue weighted by Gasteiger charge is -2.32. The van der Waals surface area contributed by atoms with E-state index in [0.717, 1.165) is 0 Å². The van der Waals surface area contributed by atoms with Crippen LogP contribution in [-0.4, -0.2) is 0 Å². The van der Waals surface area contributed by atoms with Crippen molar-refractivity contribution in [3.63, 3.8) is 0 Å². The molecule has 3 unspecified atom stereocenters. The Labute approximate surface area is 148 Å². The molecule has 124 valence electrons. The average molecular weight is 326 g/mol. The first-order valence-electron chi connectivity index (χ1n) is 9.16. The van der Waals surface area contributed by atoms with E-state index < -0.39 is 0 Å². The molecule has 0 aromatic heterocycles. The van der Waals surface area contributed by atoms with Gasteiger partial charge in [0.2, 0.25) is 0 Å². The van der Waals surface area contributed by atoms with Crippen LogP contribution < -0.4 is 10.6 Å². The lowest BCUT2D eigenvalue weighted by Crippen LogP contribution is -2.21. The molecule has 1 heterocycles. The van der Waals surface area contributed by atoms with Crippen molar-refractivity contribution >= 4 is 11.4 Å². The first-order valence-corrected chi connectivity index (χ1v) is 9.16. The van der Waals surface area contributed by atoms with Crippen molar-refractivity contribution in [2.45, 2.75) is 30.8 Å². The van der Waals surface area contributed by atoms with Gasteiger partial charge in [-0.1, -0.05) is 60.7 Å². The zero-order chi connectivity index (χ0) is 16.6. The fourth-order valence-electron chi connectivity index (χ4n) is 4.54. The van der Waals surface area contributed by atoms with Crippen LogP contribution in [0.3, 0.4) is 0 Å². The lowest BCUT2D eigenvalue weighted by atomic mass is 9.77. The zero-order valence-corrected chi connectivity index (χ0v) is 14.2. The Bertz CT molecular complexity index is 873. The molecule has 1 aliphatic carbocycles. The normalized spacial score (nSPS) is 23.6.